The fourth-order valence-corrected chi connectivity index (χ4v) is 4.35. The van der Waals surface area contributed by atoms with Crippen molar-refractivity contribution in [1.29, 1.82) is 0 Å². The molecular weight excluding hydrogens is 460 g/mol. The van der Waals surface area contributed by atoms with E-state index in [1.807, 2.05) is 0 Å². The van der Waals surface area contributed by atoms with Gasteiger partial charge in [-0.2, -0.15) is 0 Å². The minimum atomic E-state index is -1.84. The van der Waals surface area contributed by atoms with Gasteiger partial charge in [0.25, 0.3) is 0 Å². The number of carbonyl (C=O) groups is 2. The maximum Gasteiger partial charge on any atom is 0.236 e. The zero-order valence-corrected chi connectivity index (χ0v) is 19.7. The fourth-order valence-electron chi connectivity index (χ4n) is 4.35. The molecular formula is C28H24N2O6. The predicted molar refractivity (Wildman–Crippen MR) is 132 cm³/mol. The summed E-state index contributed by atoms with van der Waals surface area (Å²) >= 11 is 0. The van der Waals surface area contributed by atoms with Gasteiger partial charge in [0.2, 0.25) is 5.72 Å². The Morgan fingerprint density at radius 2 is 1.31 bits per heavy atom. The summed E-state index contributed by atoms with van der Waals surface area (Å²) in [6.07, 6.45) is 1.44. The van der Waals surface area contributed by atoms with Gasteiger partial charge in [0.05, 0.1) is 20.3 Å². The van der Waals surface area contributed by atoms with Gasteiger partial charge in [-0.05, 0) is 30.3 Å². The molecule has 8 heteroatoms. The topological polar surface area (TPSA) is 123 Å². The van der Waals surface area contributed by atoms with Crippen molar-refractivity contribution in [2.45, 2.75) is 11.8 Å². The highest BCUT2D eigenvalue weighted by Gasteiger charge is 2.51. The zero-order valence-electron chi connectivity index (χ0n) is 19.7. The van der Waals surface area contributed by atoms with Gasteiger partial charge in [0.1, 0.15) is 23.0 Å². The summed E-state index contributed by atoms with van der Waals surface area (Å²) in [5.74, 6) is 1.16. The first-order chi connectivity index (χ1) is 17.4. The van der Waals surface area contributed by atoms with Crippen LogP contribution in [0.25, 0.3) is 0 Å². The number of methoxy groups -OCH3 is 2. The van der Waals surface area contributed by atoms with Crippen molar-refractivity contribution in [3.8, 4) is 23.0 Å². The molecule has 0 aliphatic heterocycles. The number of nitrogens with two attached hydrogens (primary N) is 2. The normalized spacial score (nSPS) is 20.8. The molecule has 0 heterocycles. The molecule has 0 amide bonds. The summed E-state index contributed by atoms with van der Waals surface area (Å²) in [6.45, 7) is 0. The van der Waals surface area contributed by atoms with Crippen LogP contribution in [0.4, 0.5) is 0 Å². The van der Waals surface area contributed by atoms with Gasteiger partial charge in [-0.1, -0.05) is 36.4 Å². The number of carbonyl (C=O) groups excluding carboxylic acids is 2. The molecule has 5 rings (SSSR count). The molecule has 2 atom stereocenters. The van der Waals surface area contributed by atoms with Gasteiger partial charge in [-0.25, -0.2) is 0 Å². The summed E-state index contributed by atoms with van der Waals surface area (Å²) in [4.78, 5) is 26.9. The van der Waals surface area contributed by atoms with Gasteiger partial charge in [0, 0.05) is 34.4 Å². The van der Waals surface area contributed by atoms with Gasteiger partial charge >= 0.3 is 0 Å². The molecule has 8 nitrogen and oxygen atoms in total. The van der Waals surface area contributed by atoms with Crippen LogP contribution in [0.2, 0.25) is 0 Å². The highest BCUT2D eigenvalue weighted by molar-refractivity contribution is 6.28. The van der Waals surface area contributed by atoms with Crippen LogP contribution < -0.4 is 30.4 Å². The number of fused-ring (bicyclic) bond motifs is 1. The zero-order chi connectivity index (χ0) is 25.4. The molecule has 2 aliphatic carbocycles. The summed E-state index contributed by atoms with van der Waals surface area (Å²) in [6, 6.07) is 19.0. The van der Waals surface area contributed by atoms with Crippen molar-refractivity contribution < 1.29 is 28.5 Å². The number of ether oxygens (including phenoxy) is 4. The van der Waals surface area contributed by atoms with Gasteiger partial charge in [-0.15, -0.1) is 0 Å². The van der Waals surface area contributed by atoms with E-state index in [1.54, 1.807) is 72.8 Å². The first-order valence-electron chi connectivity index (χ1n) is 11.2. The average molecular weight is 485 g/mol. The van der Waals surface area contributed by atoms with Crippen molar-refractivity contribution in [3.05, 3.63) is 107 Å². The Bertz CT molecular complexity index is 1440. The molecule has 0 saturated heterocycles. The van der Waals surface area contributed by atoms with Crippen LogP contribution in [-0.2, 0) is 0 Å². The maximum atomic E-state index is 13.5. The minimum absolute atomic E-state index is 0.0605. The maximum absolute atomic E-state index is 13.5. The second-order valence-electron chi connectivity index (χ2n) is 8.37. The van der Waals surface area contributed by atoms with Gasteiger partial charge in [-0.3, -0.25) is 15.3 Å². The van der Waals surface area contributed by atoms with E-state index in [0.717, 1.165) is 0 Å². The van der Waals surface area contributed by atoms with Crippen molar-refractivity contribution in [2.75, 3.05) is 14.2 Å². The standard InChI is InChI=1S/C28H24N2O6/c1-33-16-7-5-9-18(13-16)35-23-15-22-24(26(32)21-12-4-3-11-20(21)25(22)31)27(29)28(23,30)36-19-10-6-8-17(14-19)34-2/h3-15,27H,29-30H2,1-2H3. The average Bonchev–Trinajstić information content (AvgIpc) is 2.90. The van der Waals surface area contributed by atoms with Crippen LogP contribution in [0.3, 0.4) is 0 Å². The predicted octanol–water partition coefficient (Wildman–Crippen LogP) is 3.42. The molecule has 0 aromatic heterocycles. The van der Waals surface area contributed by atoms with E-state index >= 15 is 0 Å². The second kappa shape index (κ2) is 8.99. The van der Waals surface area contributed by atoms with Gasteiger partial charge in [0.15, 0.2) is 17.3 Å². The molecule has 0 saturated carbocycles. The van der Waals surface area contributed by atoms with E-state index < -0.39 is 11.8 Å². The Morgan fingerprint density at radius 1 is 0.750 bits per heavy atom. The first-order valence-corrected chi connectivity index (χ1v) is 11.2. The number of Topliss-reactive ketones (excluding diaryl/α,β-unsaturated/α-hetero) is 2. The molecule has 4 N–H and O–H groups in total. The molecule has 3 aromatic rings. The second-order valence-corrected chi connectivity index (χ2v) is 8.37. The van der Waals surface area contributed by atoms with Crippen molar-refractivity contribution in [1.82, 2.24) is 0 Å². The Labute approximate surface area is 207 Å². The SMILES string of the molecule is COc1cccc(OC2=CC3=C(C(=O)c4ccccc4C3=O)C(N)C2(N)Oc2cccc(OC)c2)c1. The van der Waals surface area contributed by atoms with Crippen LogP contribution in [0, 0.1) is 0 Å². The number of hydrogen-bond acceptors (Lipinski definition) is 8. The number of allylic oxidation sites excluding steroid dienone is 2. The van der Waals surface area contributed by atoms with Crippen LogP contribution in [0.5, 0.6) is 23.0 Å². The van der Waals surface area contributed by atoms with E-state index in [1.165, 1.54) is 20.3 Å². The van der Waals surface area contributed by atoms with E-state index in [2.05, 4.69) is 0 Å². The molecule has 2 unspecified atom stereocenters. The number of benzene rings is 3. The van der Waals surface area contributed by atoms with Crippen molar-refractivity contribution in [2.24, 2.45) is 11.5 Å². The molecule has 182 valence electrons. The van der Waals surface area contributed by atoms with E-state index in [4.69, 9.17) is 30.4 Å². The molecule has 3 aromatic carbocycles. The summed E-state index contributed by atoms with van der Waals surface area (Å²) in [5, 5.41) is 0. The largest absolute Gasteiger partial charge is 0.497 e. The van der Waals surface area contributed by atoms with Crippen LogP contribution in [0.1, 0.15) is 20.7 Å². The quantitative estimate of drug-likeness (QED) is 0.510. The highest BCUT2D eigenvalue weighted by atomic mass is 16.6. The Hall–Kier alpha value is -4.40. The third-order valence-corrected chi connectivity index (χ3v) is 6.23. The Kier molecular flexibility index (Phi) is 5.83. The van der Waals surface area contributed by atoms with E-state index in [9.17, 15) is 9.59 Å². The molecule has 0 radical (unpaired) electrons. The van der Waals surface area contributed by atoms with E-state index in [-0.39, 0.29) is 34.0 Å². The Balaban J connectivity index is 1.65. The van der Waals surface area contributed by atoms with Gasteiger partial charge < -0.3 is 24.7 Å². The van der Waals surface area contributed by atoms with Crippen LogP contribution in [-0.4, -0.2) is 37.6 Å². The number of ketones is 2. The summed E-state index contributed by atoms with van der Waals surface area (Å²) < 4.78 is 22.9. The first kappa shape index (κ1) is 23.3. The number of rotatable bonds is 6. The summed E-state index contributed by atoms with van der Waals surface area (Å²) in [5.41, 5.74) is 12.4. The smallest absolute Gasteiger partial charge is 0.236 e. The third kappa shape index (κ3) is 3.82. The number of hydrogen-bond donors (Lipinski definition) is 2. The summed E-state index contributed by atoms with van der Waals surface area (Å²) in [7, 11) is 3.07. The lowest BCUT2D eigenvalue weighted by atomic mass is 9.75. The molecule has 0 spiro atoms. The molecule has 0 fully saturated rings. The lowest BCUT2D eigenvalue weighted by Gasteiger charge is -2.41. The lowest BCUT2D eigenvalue weighted by molar-refractivity contribution is 0.0520. The molecule has 2 aliphatic rings. The van der Waals surface area contributed by atoms with Crippen LogP contribution in [0.15, 0.2) is 95.8 Å². The van der Waals surface area contributed by atoms with E-state index in [0.29, 0.717) is 28.6 Å². The monoisotopic (exact) mass is 484 g/mol. The molecule has 36 heavy (non-hydrogen) atoms. The van der Waals surface area contributed by atoms with Crippen LogP contribution >= 0.6 is 0 Å². The lowest BCUT2D eigenvalue weighted by Crippen LogP contribution is -2.65. The van der Waals surface area contributed by atoms with Crippen molar-refractivity contribution in [3.63, 3.8) is 0 Å². The highest BCUT2D eigenvalue weighted by Crippen LogP contribution is 2.40. The minimum Gasteiger partial charge on any atom is -0.497 e. The third-order valence-electron chi connectivity index (χ3n) is 6.23. The Morgan fingerprint density at radius 3 is 1.94 bits per heavy atom. The van der Waals surface area contributed by atoms with Crippen molar-refractivity contribution >= 4 is 11.6 Å². The molecule has 0 bridgehead atoms. The fraction of sp³-hybridized carbons (Fsp3) is 0.143.